The van der Waals surface area contributed by atoms with Crippen LogP contribution < -0.4 is 5.32 Å². The minimum Gasteiger partial charge on any atom is -0.354 e. The van der Waals surface area contributed by atoms with E-state index in [0.29, 0.717) is 28.8 Å². The third kappa shape index (κ3) is 5.46. The van der Waals surface area contributed by atoms with Crippen LogP contribution in [0.4, 0.5) is 0 Å². The summed E-state index contributed by atoms with van der Waals surface area (Å²) in [5.41, 5.74) is 1.62. The summed E-state index contributed by atoms with van der Waals surface area (Å²) in [4.78, 5) is 31.3. The molecule has 0 saturated carbocycles. The number of aryl methyl sites for hydroxylation is 2. The molecule has 1 aliphatic heterocycles. The van der Waals surface area contributed by atoms with E-state index in [2.05, 4.69) is 15.7 Å². The predicted molar refractivity (Wildman–Crippen MR) is 112 cm³/mol. The molecule has 1 saturated heterocycles. The van der Waals surface area contributed by atoms with Crippen LogP contribution >= 0.6 is 34.7 Å². The number of carbonyl (C=O) groups is 2. The standard InChI is InChI=1S/C19H22ClN3O2S2/c1-13-10-27-17(22-13)4-2-3-9-21-18(24)16-11-26-12-23(16)19(25)14-5-7-15(20)8-6-14/h5-8,10,16H,2-4,9,11-12H2,1H3,(H,21,24). The number of amides is 2. The molecule has 1 fully saturated rings. The van der Waals surface area contributed by atoms with E-state index < -0.39 is 6.04 Å². The highest BCUT2D eigenvalue weighted by atomic mass is 35.5. The van der Waals surface area contributed by atoms with Gasteiger partial charge in [-0.15, -0.1) is 23.1 Å². The number of unbranched alkanes of at least 4 members (excludes halogenated alkanes) is 1. The van der Waals surface area contributed by atoms with Gasteiger partial charge in [-0.3, -0.25) is 9.59 Å². The molecule has 0 radical (unpaired) electrons. The summed E-state index contributed by atoms with van der Waals surface area (Å²) in [6.45, 7) is 2.62. The summed E-state index contributed by atoms with van der Waals surface area (Å²) in [6.07, 6.45) is 2.82. The van der Waals surface area contributed by atoms with Crippen molar-refractivity contribution >= 4 is 46.5 Å². The lowest BCUT2D eigenvalue weighted by Crippen LogP contribution is -2.47. The van der Waals surface area contributed by atoms with Gasteiger partial charge < -0.3 is 10.2 Å². The topological polar surface area (TPSA) is 62.3 Å². The minimum atomic E-state index is -0.417. The second kappa shape index (κ2) is 9.57. The van der Waals surface area contributed by atoms with Crippen molar-refractivity contribution in [3.8, 4) is 0 Å². The molecule has 144 valence electrons. The average Bonchev–Trinajstić information content (AvgIpc) is 3.30. The molecule has 5 nitrogen and oxygen atoms in total. The largest absolute Gasteiger partial charge is 0.354 e. The van der Waals surface area contributed by atoms with Gasteiger partial charge in [0.25, 0.3) is 5.91 Å². The first kappa shape index (κ1) is 20.2. The Kier molecular flexibility index (Phi) is 7.15. The highest BCUT2D eigenvalue weighted by molar-refractivity contribution is 7.99. The maximum atomic E-state index is 12.7. The normalized spacial score (nSPS) is 16.5. The lowest BCUT2D eigenvalue weighted by Gasteiger charge is -2.23. The molecule has 8 heteroatoms. The van der Waals surface area contributed by atoms with Crippen molar-refractivity contribution < 1.29 is 9.59 Å². The molecule has 1 aromatic carbocycles. The van der Waals surface area contributed by atoms with Crippen LogP contribution in [0.1, 0.15) is 33.9 Å². The van der Waals surface area contributed by atoms with Crippen molar-refractivity contribution in [1.82, 2.24) is 15.2 Å². The van der Waals surface area contributed by atoms with E-state index in [4.69, 9.17) is 11.6 Å². The summed E-state index contributed by atoms with van der Waals surface area (Å²) < 4.78 is 0. The SMILES string of the molecule is Cc1csc(CCCCNC(=O)C2CSCN2C(=O)c2ccc(Cl)cc2)n1. The van der Waals surface area contributed by atoms with Crippen LogP contribution in [0.25, 0.3) is 0 Å². The number of thioether (sulfide) groups is 1. The number of carbonyl (C=O) groups excluding carboxylic acids is 2. The van der Waals surface area contributed by atoms with Crippen molar-refractivity contribution in [2.75, 3.05) is 18.2 Å². The van der Waals surface area contributed by atoms with E-state index in [-0.39, 0.29) is 11.8 Å². The first-order chi connectivity index (χ1) is 13.0. The molecule has 1 atom stereocenters. The molecule has 0 spiro atoms. The Hall–Kier alpha value is -1.57. The Balaban J connectivity index is 1.45. The number of halogens is 1. The third-order valence-corrected chi connectivity index (χ3v) is 6.61. The van der Waals surface area contributed by atoms with Gasteiger partial charge in [0.15, 0.2) is 0 Å². The predicted octanol–water partition coefficient (Wildman–Crippen LogP) is 3.76. The molecule has 27 heavy (non-hydrogen) atoms. The average molecular weight is 424 g/mol. The molecular formula is C19H22ClN3O2S2. The van der Waals surface area contributed by atoms with Gasteiger partial charge in [0.05, 0.1) is 10.9 Å². The van der Waals surface area contributed by atoms with Crippen LogP contribution in [0.3, 0.4) is 0 Å². The zero-order valence-electron chi connectivity index (χ0n) is 15.1. The second-order valence-electron chi connectivity index (χ2n) is 6.43. The first-order valence-corrected chi connectivity index (χ1v) is 11.3. The van der Waals surface area contributed by atoms with Crippen LogP contribution in [0.2, 0.25) is 5.02 Å². The second-order valence-corrected chi connectivity index (χ2v) is 8.81. The van der Waals surface area contributed by atoms with Gasteiger partial charge in [0.1, 0.15) is 6.04 Å². The third-order valence-electron chi connectivity index (χ3n) is 4.32. The first-order valence-electron chi connectivity index (χ1n) is 8.87. The number of benzene rings is 1. The summed E-state index contributed by atoms with van der Waals surface area (Å²) in [6, 6.07) is 6.36. The molecule has 1 unspecified atom stereocenters. The lowest BCUT2D eigenvalue weighted by molar-refractivity contribution is -0.124. The number of aromatic nitrogens is 1. The van der Waals surface area contributed by atoms with Crippen LogP contribution in [-0.4, -0.2) is 45.9 Å². The number of rotatable bonds is 7. The summed E-state index contributed by atoms with van der Waals surface area (Å²) in [5.74, 6) is 0.954. The smallest absolute Gasteiger partial charge is 0.255 e. The number of thiazole rings is 1. The maximum Gasteiger partial charge on any atom is 0.255 e. The monoisotopic (exact) mass is 423 g/mol. The van der Waals surface area contributed by atoms with Gasteiger partial charge in [0, 0.05) is 34.0 Å². The van der Waals surface area contributed by atoms with Crippen molar-refractivity contribution in [2.45, 2.75) is 32.2 Å². The fourth-order valence-electron chi connectivity index (χ4n) is 2.87. The number of nitrogens with one attached hydrogen (secondary N) is 1. The number of hydrogen-bond donors (Lipinski definition) is 1. The summed E-state index contributed by atoms with van der Waals surface area (Å²) in [7, 11) is 0. The van der Waals surface area contributed by atoms with E-state index >= 15 is 0 Å². The van der Waals surface area contributed by atoms with Gasteiger partial charge in [-0.1, -0.05) is 11.6 Å². The number of hydrogen-bond acceptors (Lipinski definition) is 5. The Morgan fingerprint density at radius 1 is 1.30 bits per heavy atom. The fourth-order valence-corrected chi connectivity index (χ4v) is 4.96. The maximum absolute atomic E-state index is 12.7. The molecule has 3 rings (SSSR count). The van der Waals surface area contributed by atoms with Crippen LogP contribution in [0, 0.1) is 6.92 Å². The molecule has 1 aliphatic rings. The summed E-state index contributed by atoms with van der Waals surface area (Å²) >= 11 is 9.16. The van der Waals surface area contributed by atoms with E-state index in [1.165, 1.54) is 0 Å². The van der Waals surface area contributed by atoms with Gasteiger partial charge in [-0.25, -0.2) is 4.98 Å². The molecule has 2 aromatic rings. The van der Waals surface area contributed by atoms with Gasteiger partial charge in [-0.05, 0) is 50.5 Å². The Morgan fingerprint density at radius 3 is 2.78 bits per heavy atom. The Bertz CT molecular complexity index is 795. The quantitative estimate of drug-likeness (QED) is 0.689. The van der Waals surface area contributed by atoms with Crippen LogP contribution in [-0.2, 0) is 11.2 Å². The lowest BCUT2D eigenvalue weighted by atomic mass is 10.1. The highest BCUT2D eigenvalue weighted by Gasteiger charge is 2.34. The molecule has 2 amide bonds. The zero-order chi connectivity index (χ0) is 19.2. The summed E-state index contributed by atoms with van der Waals surface area (Å²) in [5, 5.41) is 6.77. The van der Waals surface area contributed by atoms with Crippen molar-refractivity contribution in [3.63, 3.8) is 0 Å². The number of nitrogens with zero attached hydrogens (tertiary/aromatic N) is 2. The van der Waals surface area contributed by atoms with E-state index in [1.54, 1.807) is 52.3 Å². The van der Waals surface area contributed by atoms with Gasteiger partial charge >= 0.3 is 0 Å². The van der Waals surface area contributed by atoms with Crippen molar-refractivity contribution in [1.29, 1.82) is 0 Å². The molecule has 1 aromatic heterocycles. The minimum absolute atomic E-state index is 0.0765. The fraction of sp³-hybridized carbons (Fsp3) is 0.421. The van der Waals surface area contributed by atoms with Crippen LogP contribution in [0.5, 0.6) is 0 Å². The van der Waals surface area contributed by atoms with Crippen molar-refractivity contribution in [3.05, 3.63) is 50.9 Å². The molecule has 0 aliphatic carbocycles. The zero-order valence-corrected chi connectivity index (χ0v) is 17.5. The van der Waals surface area contributed by atoms with E-state index in [0.717, 1.165) is 30.0 Å². The van der Waals surface area contributed by atoms with Crippen molar-refractivity contribution in [2.24, 2.45) is 0 Å². The molecule has 0 bridgehead atoms. The van der Waals surface area contributed by atoms with E-state index in [1.807, 2.05) is 6.92 Å². The Morgan fingerprint density at radius 2 is 2.07 bits per heavy atom. The van der Waals surface area contributed by atoms with E-state index in [9.17, 15) is 9.59 Å². The van der Waals surface area contributed by atoms with Crippen LogP contribution in [0.15, 0.2) is 29.6 Å². The highest BCUT2D eigenvalue weighted by Crippen LogP contribution is 2.24. The molecule has 2 heterocycles. The molecular weight excluding hydrogens is 402 g/mol. The van der Waals surface area contributed by atoms with Gasteiger partial charge in [0.2, 0.25) is 5.91 Å². The van der Waals surface area contributed by atoms with Gasteiger partial charge in [-0.2, -0.15) is 0 Å². The Labute approximate surface area is 172 Å². The molecule has 1 N–H and O–H groups in total.